The molecule has 1 unspecified atom stereocenters. The average molecular weight is 265 g/mol. The van der Waals surface area contributed by atoms with Gasteiger partial charge in [0.25, 0.3) is 0 Å². The van der Waals surface area contributed by atoms with E-state index in [1.54, 1.807) is 31.2 Å². The first-order chi connectivity index (χ1) is 8.93. The SMILES string of the molecule is CCC(C(=O)O)C(=O)Nc1ccc(OC(C)C)cc1. The zero-order valence-corrected chi connectivity index (χ0v) is 11.3. The number of aliphatic carboxylic acids is 1. The lowest BCUT2D eigenvalue weighted by molar-refractivity contribution is -0.145. The minimum atomic E-state index is -1.11. The zero-order valence-electron chi connectivity index (χ0n) is 11.3. The fraction of sp³-hybridized carbons (Fsp3) is 0.429. The molecule has 19 heavy (non-hydrogen) atoms. The van der Waals surface area contributed by atoms with Gasteiger partial charge < -0.3 is 15.2 Å². The van der Waals surface area contributed by atoms with Gasteiger partial charge >= 0.3 is 5.97 Å². The number of carboxylic acid groups (broad SMARTS) is 1. The van der Waals surface area contributed by atoms with Gasteiger partial charge in [0.2, 0.25) is 5.91 Å². The van der Waals surface area contributed by atoms with Gasteiger partial charge in [-0.3, -0.25) is 9.59 Å². The van der Waals surface area contributed by atoms with Gasteiger partial charge in [-0.05, 0) is 44.5 Å². The Morgan fingerprint density at radius 1 is 1.26 bits per heavy atom. The molecule has 0 heterocycles. The molecule has 1 aromatic carbocycles. The Balaban J connectivity index is 2.67. The number of amides is 1. The number of nitrogens with one attached hydrogen (secondary N) is 1. The minimum Gasteiger partial charge on any atom is -0.491 e. The lowest BCUT2D eigenvalue weighted by atomic mass is 10.1. The van der Waals surface area contributed by atoms with Crippen LogP contribution in [0, 0.1) is 5.92 Å². The van der Waals surface area contributed by atoms with Crippen molar-refractivity contribution in [3.63, 3.8) is 0 Å². The monoisotopic (exact) mass is 265 g/mol. The Kier molecular flexibility index (Phi) is 5.36. The van der Waals surface area contributed by atoms with Crippen molar-refractivity contribution in [1.82, 2.24) is 0 Å². The summed E-state index contributed by atoms with van der Waals surface area (Å²) in [7, 11) is 0. The molecule has 0 fully saturated rings. The average Bonchev–Trinajstić information content (AvgIpc) is 2.31. The van der Waals surface area contributed by atoms with Gasteiger partial charge in [-0.25, -0.2) is 0 Å². The molecule has 0 aliphatic carbocycles. The third-order valence-electron chi connectivity index (χ3n) is 2.52. The largest absolute Gasteiger partial charge is 0.491 e. The van der Waals surface area contributed by atoms with E-state index in [1.807, 2.05) is 13.8 Å². The Hall–Kier alpha value is -2.04. The Labute approximate surface area is 112 Å². The molecule has 5 nitrogen and oxygen atoms in total. The van der Waals surface area contributed by atoms with E-state index in [9.17, 15) is 9.59 Å². The van der Waals surface area contributed by atoms with Gasteiger partial charge in [0.1, 0.15) is 11.7 Å². The number of carboxylic acids is 1. The fourth-order valence-electron chi connectivity index (χ4n) is 1.59. The highest BCUT2D eigenvalue weighted by atomic mass is 16.5. The van der Waals surface area contributed by atoms with Crippen LogP contribution < -0.4 is 10.1 Å². The van der Waals surface area contributed by atoms with Crippen LogP contribution in [0.15, 0.2) is 24.3 Å². The first-order valence-corrected chi connectivity index (χ1v) is 6.24. The van der Waals surface area contributed by atoms with Gasteiger partial charge in [0, 0.05) is 5.69 Å². The first kappa shape index (κ1) is 15.0. The lowest BCUT2D eigenvalue weighted by Crippen LogP contribution is -2.28. The number of rotatable bonds is 6. The maximum Gasteiger partial charge on any atom is 0.316 e. The van der Waals surface area contributed by atoms with Gasteiger partial charge in [-0.15, -0.1) is 0 Å². The van der Waals surface area contributed by atoms with Gasteiger partial charge in [-0.2, -0.15) is 0 Å². The van der Waals surface area contributed by atoms with E-state index < -0.39 is 17.8 Å². The third kappa shape index (κ3) is 4.62. The molecule has 0 aromatic heterocycles. The van der Waals surface area contributed by atoms with E-state index in [0.29, 0.717) is 11.4 Å². The molecule has 0 saturated heterocycles. The normalized spacial score (nSPS) is 12.0. The molecule has 1 aromatic rings. The smallest absolute Gasteiger partial charge is 0.316 e. The van der Waals surface area contributed by atoms with Crippen LogP contribution in [0.25, 0.3) is 0 Å². The molecular formula is C14H19NO4. The summed E-state index contributed by atoms with van der Waals surface area (Å²) < 4.78 is 5.47. The number of carbonyl (C=O) groups is 2. The quantitative estimate of drug-likeness (QED) is 0.775. The Morgan fingerprint density at radius 3 is 2.26 bits per heavy atom. The molecule has 0 aliphatic heterocycles. The van der Waals surface area contributed by atoms with Gasteiger partial charge in [0.05, 0.1) is 6.10 Å². The molecule has 0 aliphatic rings. The minimum absolute atomic E-state index is 0.0805. The van der Waals surface area contributed by atoms with Crippen LogP contribution in [-0.4, -0.2) is 23.1 Å². The van der Waals surface area contributed by atoms with E-state index in [1.165, 1.54) is 0 Å². The lowest BCUT2D eigenvalue weighted by Gasteiger charge is -2.12. The van der Waals surface area contributed by atoms with Crippen LogP contribution in [0.2, 0.25) is 0 Å². The Morgan fingerprint density at radius 2 is 1.84 bits per heavy atom. The number of ether oxygens (including phenoxy) is 1. The summed E-state index contributed by atoms with van der Waals surface area (Å²) in [6.45, 7) is 5.51. The van der Waals surface area contributed by atoms with Gasteiger partial charge in [-0.1, -0.05) is 6.92 Å². The Bertz CT molecular complexity index is 439. The molecule has 2 N–H and O–H groups in total. The van der Waals surface area contributed by atoms with E-state index in [4.69, 9.17) is 9.84 Å². The number of hydrogen-bond acceptors (Lipinski definition) is 3. The van der Waals surface area contributed by atoms with Crippen LogP contribution in [0.5, 0.6) is 5.75 Å². The van der Waals surface area contributed by atoms with Crippen LogP contribution in [0.1, 0.15) is 27.2 Å². The summed E-state index contributed by atoms with van der Waals surface area (Å²) >= 11 is 0. The third-order valence-corrected chi connectivity index (χ3v) is 2.52. The predicted octanol–water partition coefficient (Wildman–Crippen LogP) is 2.52. The topological polar surface area (TPSA) is 75.6 Å². The second-order valence-electron chi connectivity index (χ2n) is 4.48. The molecule has 1 rings (SSSR count). The van der Waals surface area contributed by atoms with Crippen molar-refractivity contribution < 1.29 is 19.4 Å². The summed E-state index contributed by atoms with van der Waals surface area (Å²) in [5.41, 5.74) is 0.556. The van der Waals surface area contributed by atoms with Crippen molar-refractivity contribution in [3.05, 3.63) is 24.3 Å². The maximum atomic E-state index is 11.7. The summed E-state index contributed by atoms with van der Waals surface area (Å²) in [6.07, 6.45) is 0.340. The molecule has 0 bridgehead atoms. The molecular weight excluding hydrogens is 246 g/mol. The predicted molar refractivity (Wildman–Crippen MR) is 72.3 cm³/mol. The van der Waals surface area contributed by atoms with Crippen LogP contribution >= 0.6 is 0 Å². The molecule has 1 atom stereocenters. The van der Waals surface area contributed by atoms with Crippen molar-refractivity contribution in [2.45, 2.75) is 33.3 Å². The number of carbonyl (C=O) groups excluding carboxylic acids is 1. The highest BCUT2D eigenvalue weighted by molar-refractivity contribution is 6.04. The molecule has 104 valence electrons. The fourth-order valence-corrected chi connectivity index (χ4v) is 1.59. The van der Waals surface area contributed by atoms with Crippen molar-refractivity contribution in [1.29, 1.82) is 0 Å². The van der Waals surface area contributed by atoms with Crippen molar-refractivity contribution in [2.24, 2.45) is 5.92 Å². The maximum absolute atomic E-state index is 11.7. The van der Waals surface area contributed by atoms with Crippen molar-refractivity contribution in [2.75, 3.05) is 5.32 Å². The first-order valence-electron chi connectivity index (χ1n) is 6.24. The van der Waals surface area contributed by atoms with E-state index in [0.717, 1.165) is 0 Å². The molecule has 5 heteroatoms. The van der Waals surface area contributed by atoms with Crippen molar-refractivity contribution in [3.8, 4) is 5.75 Å². The van der Waals surface area contributed by atoms with Crippen molar-refractivity contribution >= 4 is 17.6 Å². The van der Waals surface area contributed by atoms with E-state index in [-0.39, 0.29) is 12.5 Å². The summed E-state index contributed by atoms with van der Waals surface area (Å²) in [4.78, 5) is 22.6. The highest BCUT2D eigenvalue weighted by Gasteiger charge is 2.23. The van der Waals surface area contributed by atoms with Crippen LogP contribution in [0.3, 0.4) is 0 Å². The molecule has 0 radical (unpaired) electrons. The summed E-state index contributed by atoms with van der Waals surface area (Å²) in [6, 6.07) is 6.84. The second kappa shape index (κ2) is 6.78. The number of benzene rings is 1. The number of hydrogen-bond donors (Lipinski definition) is 2. The van der Waals surface area contributed by atoms with E-state index >= 15 is 0 Å². The molecule has 0 saturated carbocycles. The molecule has 1 amide bonds. The van der Waals surface area contributed by atoms with Crippen LogP contribution in [-0.2, 0) is 9.59 Å². The molecule has 0 spiro atoms. The summed E-state index contributed by atoms with van der Waals surface area (Å²) in [5.74, 6) is -1.93. The highest BCUT2D eigenvalue weighted by Crippen LogP contribution is 2.18. The summed E-state index contributed by atoms with van der Waals surface area (Å²) in [5, 5.41) is 11.5. The van der Waals surface area contributed by atoms with Gasteiger partial charge in [0.15, 0.2) is 0 Å². The van der Waals surface area contributed by atoms with E-state index in [2.05, 4.69) is 5.32 Å². The van der Waals surface area contributed by atoms with Crippen LogP contribution in [0.4, 0.5) is 5.69 Å². The number of anilines is 1. The standard InChI is InChI=1S/C14H19NO4/c1-4-12(14(17)18)13(16)15-10-5-7-11(8-6-10)19-9(2)3/h5-9,12H,4H2,1-3H3,(H,15,16)(H,17,18). The second-order valence-corrected chi connectivity index (χ2v) is 4.48. The zero-order chi connectivity index (χ0) is 14.4.